The Labute approximate surface area is 231 Å². The summed E-state index contributed by atoms with van der Waals surface area (Å²) in [4.78, 5) is 30.7. The number of nitrogens with one attached hydrogen (secondary N) is 1. The van der Waals surface area contributed by atoms with Crippen LogP contribution in [-0.2, 0) is 7.05 Å². The molecule has 0 saturated carbocycles. The van der Waals surface area contributed by atoms with Crippen molar-refractivity contribution in [3.63, 3.8) is 0 Å². The molecule has 5 rings (SSSR count). The standard InChI is InChI=1S/C31H30N4O5/c1-5-17-39-28-19-25-24(18-27(28)38-4)26(15-16-32-25)40-23-13-11-21(12-14-23)33-30(36)29-20(2)34(3)35(31(29)37)22-9-7-6-8-10-22/h6-16,18-19H,5,17H2,1-4H3,(H,33,36). The van der Waals surface area contributed by atoms with E-state index in [0.717, 1.165) is 11.8 Å². The Kier molecular flexibility index (Phi) is 7.54. The van der Waals surface area contributed by atoms with Crippen molar-refractivity contribution in [2.45, 2.75) is 20.3 Å². The molecule has 2 heterocycles. The number of hydrogen-bond donors (Lipinski definition) is 1. The predicted molar refractivity (Wildman–Crippen MR) is 154 cm³/mol. The largest absolute Gasteiger partial charge is 0.493 e. The maximum atomic E-state index is 13.2. The van der Waals surface area contributed by atoms with E-state index in [-0.39, 0.29) is 11.1 Å². The molecule has 0 aliphatic carbocycles. The van der Waals surface area contributed by atoms with Crippen LogP contribution in [0.2, 0.25) is 0 Å². The second kappa shape index (κ2) is 11.4. The maximum absolute atomic E-state index is 13.2. The minimum Gasteiger partial charge on any atom is -0.493 e. The summed E-state index contributed by atoms with van der Waals surface area (Å²) >= 11 is 0. The van der Waals surface area contributed by atoms with E-state index in [1.165, 1.54) is 4.68 Å². The third-order valence-electron chi connectivity index (χ3n) is 6.57. The van der Waals surface area contributed by atoms with E-state index in [2.05, 4.69) is 10.3 Å². The number of amides is 1. The Morgan fingerprint density at radius 3 is 2.42 bits per heavy atom. The highest BCUT2D eigenvalue weighted by molar-refractivity contribution is 6.05. The fourth-order valence-corrected chi connectivity index (χ4v) is 4.46. The van der Waals surface area contributed by atoms with E-state index in [9.17, 15) is 9.59 Å². The molecule has 204 valence electrons. The minimum atomic E-state index is -0.477. The Morgan fingerprint density at radius 2 is 1.73 bits per heavy atom. The number of carbonyl (C=O) groups excluding carboxylic acids is 1. The highest BCUT2D eigenvalue weighted by Gasteiger charge is 2.22. The first-order valence-corrected chi connectivity index (χ1v) is 12.9. The van der Waals surface area contributed by atoms with Crippen LogP contribution in [0.1, 0.15) is 29.4 Å². The number of carbonyl (C=O) groups is 1. The molecule has 9 heteroatoms. The number of rotatable bonds is 9. The van der Waals surface area contributed by atoms with E-state index >= 15 is 0 Å². The first kappa shape index (κ1) is 26.6. The molecule has 1 amide bonds. The maximum Gasteiger partial charge on any atom is 0.284 e. The molecule has 0 fully saturated rings. The van der Waals surface area contributed by atoms with E-state index in [0.29, 0.717) is 52.2 Å². The van der Waals surface area contributed by atoms with Gasteiger partial charge in [0.15, 0.2) is 11.5 Å². The van der Waals surface area contributed by atoms with Gasteiger partial charge in [-0.1, -0.05) is 25.1 Å². The van der Waals surface area contributed by atoms with E-state index in [1.807, 2.05) is 49.4 Å². The molecule has 0 atom stereocenters. The topological polar surface area (TPSA) is 96.6 Å². The molecule has 1 N–H and O–H groups in total. The summed E-state index contributed by atoms with van der Waals surface area (Å²) in [6.45, 7) is 4.37. The van der Waals surface area contributed by atoms with Crippen molar-refractivity contribution < 1.29 is 19.0 Å². The van der Waals surface area contributed by atoms with Gasteiger partial charge in [0.25, 0.3) is 11.5 Å². The second-order valence-corrected chi connectivity index (χ2v) is 9.19. The zero-order valence-electron chi connectivity index (χ0n) is 22.8. The fraction of sp³-hybridized carbons (Fsp3) is 0.194. The van der Waals surface area contributed by atoms with Crippen LogP contribution in [0.5, 0.6) is 23.0 Å². The van der Waals surface area contributed by atoms with Crippen molar-refractivity contribution in [1.29, 1.82) is 0 Å². The smallest absolute Gasteiger partial charge is 0.284 e. The second-order valence-electron chi connectivity index (χ2n) is 9.19. The molecule has 9 nitrogen and oxygen atoms in total. The fourth-order valence-electron chi connectivity index (χ4n) is 4.46. The lowest BCUT2D eigenvalue weighted by atomic mass is 10.1. The quantitative estimate of drug-likeness (QED) is 0.252. The highest BCUT2D eigenvalue weighted by Crippen LogP contribution is 2.37. The highest BCUT2D eigenvalue weighted by atomic mass is 16.5. The number of fused-ring (bicyclic) bond motifs is 1. The van der Waals surface area contributed by atoms with Gasteiger partial charge in [-0.3, -0.25) is 19.3 Å². The minimum absolute atomic E-state index is 0.0890. The number of para-hydroxylation sites is 1. The Balaban J connectivity index is 1.35. The van der Waals surface area contributed by atoms with E-state index < -0.39 is 5.91 Å². The third kappa shape index (κ3) is 5.13. The number of methoxy groups -OCH3 is 1. The molecule has 0 radical (unpaired) electrons. The summed E-state index contributed by atoms with van der Waals surface area (Å²) in [7, 11) is 3.35. The van der Waals surface area contributed by atoms with Crippen LogP contribution in [0, 0.1) is 6.92 Å². The van der Waals surface area contributed by atoms with Crippen molar-refractivity contribution in [3.8, 4) is 28.7 Å². The van der Waals surface area contributed by atoms with Gasteiger partial charge in [-0.15, -0.1) is 0 Å². The van der Waals surface area contributed by atoms with E-state index in [4.69, 9.17) is 14.2 Å². The van der Waals surface area contributed by atoms with Crippen LogP contribution < -0.4 is 25.1 Å². The molecular formula is C31H30N4O5. The van der Waals surface area contributed by atoms with E-state index in [1.54, 1.807) is 62.3 Å². The van der Waals surface area contributed by atoms with Gasteiger partial charge in [0.05, 0.1) is 30.6 Å². The third-order valence-corrected chi connectivity index (χ3v) is 6.57. The molecule has 0 spiro atoms. The van der Waals surface area contributed by atoms with Crippen LogP contribution in [0.25, 0.3) is 16.6 Å². The molecule has 0 aliphatic rings. The first-order valence-electron chi connectivity index (χ1n) is 12.9. The predicted octanol–water partition coefficient (Wildman–Crippen LogP) is 5.87. The Hall–Kier alpha value is -5.05. The summed E-state index contributed by atoms with van der Waals surface area (Å²) in [5.41, 5.74) is 2.20. The number of anilines is 1. The van der Waals surface area contributed by atoms with Crippen LogP contribution in [-0.4, -0.2) is 34.0 Å². The first-order chi connectivity index (χ1) is 19.4. The molecule has 0 bridgehead atoms. The van der Waals surface area contributed by atoms with Crippen molar-refractivity contribution in [1.82, 2.24) is 14.3 Å². The number of ether oxygens (including phenoxy) is 3. The van der Waals surface area contributed by atoms with Gasteiger partial charge in [0.2, 0.25) is 0 Å². The summed E-state index contributed by atoms with van der Waals surface area (Å²) in [5.74, 6) is 1.92. The molecule has 0 aliphatic heterocycles. The molecule has 0 unspecified atom stereocenters. The van der Waals surface area contributed by atoms with Gasteiger partial charge in [0.1, 0.15) is 17.1 Å². The van der Waals surface area contributed by atoms with Crippen molar-refractivity contribution in [2.75, 3.05) is 19.0 Å². The lowest BCUT2D eigenvalue weighted by Gasteiger charge is -2.14. The van der Waals surface area contributed by atoms with Crippen LogP contribution in [0.3, 0.4) is 0 Å². The van der Waals surface area contributed by atoms with Gasteiger partial charge >= 0.3 is 0 Å². The summed E-state index contributed by atoms with van der Waals surface area (Å²) in [6.07, 6.45) is 2.55. The van der Waals surface area contributed by atoms with Gasteiger partial charge in [-0.2, -0.15) is 0 Å². The number of nitrogens with zero attached hydrogens (tertiary/aromatic N) is 3. The normalized spacial score (nSPS) is 10.9. The molecule has 5 aromatic rings. The number of benzene rings is 3. The lowest BCUT2D eigenvalue weighted by molar-refractivity contribution is 0.102. The monoisotopic (exact) mass is 538 g/mol. The summed E-state index contributed by atoms with van der Waals surface area (Å²) in [5, 5.41) is 3.60. The molecule has 3 aromatic carbocycles. The average Bonchev–Trinajstić information content (AvgIpc) is 3.20. The molecule has 0 saturated heterocycles. The molecule has 40 heavy (non-hydrogen) atoms. The molecular weight excluding hydrogens is 508 g/mol. The average molecular weight is 539 g/mol. The molecule has 2 aromatic heterocycles. The van der Waals surface area contributed by atoms with Crippen molar-refractivity contribution in [2.24, 2.45) is 7.05 Å². The number of aromatic nitrogens is 3. The van der Waals surface area contributed by atoms with Crippen LogP contribution >= 0.6 is 0 Å². The lowest BCUT2D eigenvalue weighted by Crippen LogP contribution is -2.25. The number of hydrogen-bond acceptors (Lipinski definition) is 6. The zero-order valence-corrected chi connectivity index (χ0v) is 22.8. The van der Waals surface area contributed by atoms with Gasteiger partial charge < -0.3 is 19.5 Å². The van der Waals surface area contributed by atoms with Crippen molar-refractivity contribution in [3.05, 3.63) is 101 Å². The van der Waals surface area contributed by atoms with Crippen molar-refractivity contribution >= 4 is 22.5 Å². The Morgan fingerprint density at radius 1 is 0.975 bits per heavy atom. The Bertz CT molecular complexity index is 1720. The van der Waals surface area contributed by atoms with Crippen LogP contribution in [0.15, 0.2) is 83.8 Å². The van der Waals surface area contributed by atoms with Gasteiger partial charge in [-0.25, -0.2) is 4.68 Å². The zero-order chi connectivity index (χ0) is 28.2. The van der Waals surface area contributed by atoms with Gasteiger partial charge in [0, 0.05) is 30.4 Å². The van der Waals surface area contributed by atoms with Crippen LogP contribution in [0.4, 0.5) is 5.69 Å². The number of pyridine rings is 1. The van der Waals surface area contributed by atoms with Gasteiger partial charge in [-0.05, 0) is 61.9 Å². The summed E-state index contributed by atoms with van der Waals surface area (Å²) in [6, 6.07) is 21.6. The summed E-state index contributed by atoms with van der Waals surface area (Å²) < 4.78 is 20.6. The SMILES string of the molecule is CCCOc1cc2nccc(Oc3ccc(NC(=O)c4c(C)n(C)n(-c5ccccc5)c4=O)cc3)c2cc1OC.